The van der Waals surface area contributed by atoms with Gasteiger partial charge >= 0.3 is 0 Å². The molecule has 0 aliphatic carbocycles. The highest BCUT2D eigenvalue weighted by molar-refractivity contribution is 5.79. The van der Waals surface area contributed by atoms with E-state index in [0.717, 1.165) is 30.7 Å². The number of piperazine rings is 1. The molecule has 0 unspecified atom stereocenters. The quantitative estimate of drug-likeness (QED) is 0.353. The molecular formula is C30H33F2N7O2. The molecule has 11 heteroatoms. The summed E-state index contributed by atoms with van der Waals surface area (Å²) in [6, 6.07) is 13.4. The maximum atomic E-state index is 15.1. The largest absolute Gasteiger partial charge is 0.370 e. The fourth-order valence-electron chi connectivity index (χ4n) is 5.62. The Morgan fingerprint density at radius 3 is 2.49 bits per heavy atom. The summed E-state index contributed by atoms with van der Waals surface area (Å²) in [4.78, 5) is 24.9. The van der Waals surface area contributed by atoms with E-state index in [-0.39, 0.29) is 30.3 Å². The van der Waals surface area contributed by atoms with Crippen LogP contribution in [0.1, 0.15) is 25.0 Å². The van der Waals surface area contributed by atoms with Crippen molar-refractivity contribution in [3.05, 3.63) is 77.6 Å². The number of nitrogens with zero attached hydrogens (tertiary/aromatic N) is 5. The SMILES string of the molecule is C[C@@H]1CN(Cc2ccc(Nc3ncc4ccn(-c5cc(F)c(CN6CCOCC6=O)c(F)c5)c4n3)cc2)C[C@H](C)N1. The predicted molar refractivity (Wildman–Crippen MR) is 152 cm³/mol. The number of hydrogen-bond donors (Lipinski definition) is 2. The summed E-state index contributed by atoms with van der Waals surface area (Å²) in [6.07, 6.45) is 3.38. The molecule has 0 radical (unpaired) electrons. The summed E-state index contributed by atoms with van der Waals surface area (Å²) in [5, 5.41) is 7.53. The van der Waals surface area contributed by atoms with Crippen molar-refractivity contribution in [1.29, 1.82) is 0 Å². The fraction of sp³-hybridized carbons (Fsp3) is 0.367. The van der Waals surface area contributed by atoms with E-state index in [1.54, 1.807) is 23.0 Å². The molecule has 2 aromatic carbocycles. The number of anilines is 2. The maximum absolute atomic E-state index is 15.1. The molecule has 41 heavy (non-hydrogen) atoms. The Kier molecular flexibility index (Phi) is 7.65. The molecule has 4 aromatic rings. The molecule has 1 amide bonds. The predicted octanol–water partition coefficient (Wildman–Crippen LogP) is 3.98. The Balaban J connectivity index is 1.18. The van der Waals surface area contributed by atoms with Crippen molar-refractivity contribution in [3.8, 4) is 5.69 Å². The van der Waals surface area contributed by atoms with Crippen LogP contribution in [0.15, 0.2) is 54.9 Å². The molecule has 2 atom stereocenters. The first-order valence-electron chi connectivity index (χ1n) is 13.8. The van der Waals surface area contributed by atoms with Crippen LogP contribution in [0, 0.1) is 11.6 Å². The summed E-state index contributed by atoms with van der Waals surface area (Å²) in [5.41, 5.74) is 2.72. The van der Waals surface area contributed by atoms with Crippen LogP contribution in [0.5, 0.6) is 0 Å². The zero-order chi connectivity index (χ0) is 28.5. The van der Waals surface area contributed by atoms with Gasteiger partial charge < -0.3 is 24.8 Å². The van der Waals surface area contributed by atoms with Gasteiger partial charge in [0, 0.05) is 67.3 Å². The molecule has 9 nitrogen and oxygen atoms in total. The number of fused-ring (bicyclic) bond motifs is 1. The average Bonchev–Trinajstić information content (AvgIpc) is 3.35. The second kappa shape index (κ2) is 11.5. The fourth-order valence-corrected chi connectivity index (χ4v) is 5.62. The molecule has 6 rings (SSSR count). The first kappa shape index (κ1) is 27.3. The van der Waals surface area contributed by atoms with Gasteiger partial charge in [-0.15, -0.1) is 0 Å². The Labute approximate surface area is 237 Å². The first-order chi connectivity index (χ1) is 19.8. The second-order valence-corrected chi connectivity index (χ2v) is 10.9. The summed E-state index contributed by atoms with van der Waals surface area (Å²) < 4.78 is 36.9. The Hall–Kier alpha value is -3.93. The molecule has 4 heterocycles. The van der Waals surface area contributed by atoms with E-state index < -0.39 is 11.6 Å². The molecule has 0 spiro atoms. The molecule has 2 aliphatic heterocycles. The van der Waals surface area contributed by atoms with E-state index >= 15 is 8.78 Å². The topological polar surface area (TPSA) is 87.6 Å². The number of ether oxygens (including phenoxy) is 1. The lowest BCUT2D eigenvalue weighted by Gasteiger charge is -2.36. The lowest BCUT2D eigenvalue weighted by atomic mass is 10.1. The van der Waals surface area contributed by atoms with Crippen molar-refractivity contribution >= 4 is 28.6 Å². The Morgan fingerprint density at radius 2 is 1.78 bits per heavy atom. The van der Waals surface area contributed by atoms with Gasteiger partial charge in [-0.25, -0.2) is 13.8 Å². The molecule has 2 aliphatic rings. The van der Waals surface area contributed by atoms with Crippen LogP contribution >= 0.6 is 0 Å². The van der Waals surface area contributed by atoms with Crippen molar-refractivity contribution in [1.82, 2.24) is 29.7 Å². The molecule has 2 fully saturated rings. The number of amides is 1. The molecule has 0 saturated carbocycles. The highest BCUT2D eigenvalue weighted by atomic mass is 19.1. The van der Waals surface area contributed by atoms with E-state index in [0.29, 0.717) is 36.8 Å². The van der Waals surface area contributed by atoms with Gasteiger partial charge in [0.1, 0.15) is 23.9 Å². The number of carbonyl (C=O) groups excluding carboxylic acids is 1. The molecule has 2 aromatic heterocycles. The van der Waals surface area contributed by atoms with E-state index in [9.17, 15) is 4.79 Å². The number of morpholine rings is 1. The number of carbonyl (C=O) groups is 1. The Morgan fingerprint density at radius 1 is 1.05 bits per heavy atom. The summed E-state index contributed by atoms with van der Waals surface area (Å²) in [5.74, 6) is -1.36. The molecule has 0 bridgehead atoms. The standard InChI is InChI=1S/C30H33F2N7O2/c1-19-14-37(15-20(2)34-19)16-21-3-5-23(6-4-21)35-30-33-13-22-7-8-39(29(22)36-30)24-11-26(31)25(27(32)12-24)17-38-9-10-41-18-28(38)40/h3-8,11-13,19-20,34H,9-10,14-18H2,1-2H3,(H,33,35,36)/t19-,20+. The third kappa shape index (κ3) is 6.07. The van der Waals surface area contributed by atoms with Crippen molar-refractivity contribution in [2.45, 2.75) is 39.0 Å². The van der Waals surface area contributed by atoms with E-state index in [4.69, 9.17) is 4.74 Å². The van der Waals surface area contributed by atoms with Gasteiger partial charge in [0.2, 0.25) is 11.9 Å². The number of halogens is 2. The van der Waals surface area contributed by atoms with Crippen molar-refractivity contribution in [2.75, 3.05) is 38.2 Å². The van der Waals surface area contributed by atoms with E-state index in [1.165, 1.54) is 22.6 Å². The van der Waals surface area contributed by atoms with Gasteiger partial charge in [0.15, 0.2) is 0 Å². The molecule has 2 saturated heterocycles. The number of nitrogens with one attached hydrogen (secondary N) is 2. The van der Waals surface area contributed by atoms with Crippen molar-refractivity contribution in [3.63, 3.8) is 0 Å². The van der Waals surface area contributed by atoms with E-state index in [2.05, 4.69) is 51.5 Å². The zero-order valence-electron chi connectivity index (χ0n) is 23.1. The Bertz CT molecular complexity index is 1530. The molecule has 2 N–H and O–H groups in total. The minimum absolute atomic E-state index is 0.0773. The number of rotatable bonds is 7. The highest BCUT2D eigenvalue weighted by Crippen LogP contribution is 2.25. The van der Waals surface area contributed by atoms with Gasteiger partial charge in [-0.3, -0.25) is 9.69 Å². The molecular weight excluding hydrogens is 528 g/mol. The van der Waals surface area contributed by atoms with Gasteiger partial charge in [0.25, 0.3) is 0 Å². The lowest BCUT2D eigenvalue weighted by Crippen LogP contribution is -2.53. The van der Waals surface area contributed by atoms with Crippen LogP contribution in [-0.2, 0) is 22.6 Å². The summed E-state index contributed by atoms with van der Waals surface area (Å²) in [6.45, 7) is 7.76. The lowest BCUT2D eigenvalue weighted by molar-refractivity contribution is -0.143. The summed E-state index contributed by atoms with van der Waals surface area (Å²) >= 11 is 0. The number of hydrogen-bond acceptors (Lipinski definition) is 7. The van der Waals surface area contributed by atoms with Crippen molar-refractivity contribution < 1.29 is 18.3 Å². The van der Waals surface area contributed by atoms with Crippen molar-refractivity contribution in [2.24, 2.45) is 0 Å². The highest BCUT2D eigenvalue weighted by Gasteiger charge is 2.23. The van der Waals surface area contributed by atoms with E-state index in [1.807, 2.05) is 12.1 Å². The molecule has 214 valence electrons. The number of aromatic nitrogens is 3. The third-order valence-electron chi connectivity index (χ3n) is 7.51. The van der Waals surface area contributed by atoms with Gasteiger partial charge in [0.05, 0.1) is 18.8 Å². The maximum Gasteiger partial charge on any atom is 0.248 e. The number of benzene rings is 2. The normalized spacial score (nSPS) is 20.1. The van der Waals surface area contributed by atoms with Crippen LogP contribution in [0.4, 0.5) is 20.4 Å². The van der Waals surface area contributed by atoms with Crippen LogP contribution in [0.25, 0.3) is 16.7 Å². The second-order valence-electron chi connectivity index (χ2n) is 10.9. The van der Waals surface area contributed by atoms with Crippen LogP contribution in [0.2, 0.25) is 0 Å². The van der Waals surface area contributed by atoms with Crippen LogP contribution < -0.4 is 10.6 Å². The summed E-state index contributed by atoms with van der Waals surface area (Å²) in [7, 11) is 0. The minimum atomic E-state index is -0.724. The monoisotopic (exact) mass is 561 g/mol. The van der Waals surface area contributed by atoms with Gasteiger partial charge in [-0.2, -0.15) is 4.98 Å². The van der Waals surface area contributed by atoms with Crippen LogP contribution in [-0.4, -0.2) is 75.2 Å². The average molecular weight is 562 g/mol. The van der Waals surface area contributed by atoms with Gasteiger partial charge in [-0.05, 0) is 49.7 Å². The van der Waals surface area contributed by atoms with Crippen LogP contribution in [0.3, 0.4) is 0 Å². The van der Waals surface area contributed by atoms with Gasteiger partial charge in [-0.1, -0.05) is 12.1 Å². The third-order valence-corrected chi connectivity index (χ3v) is 7.51. The smallest absolute Gasteiger partial charge is 0.248 e. The zero-order valence-corrected chi connectivity index (χ0v) is 23.1. The minimum Gasteiger partial charge on any atom is -0.370 e. The first-order valence-corrected chi connectivity index (χ1v) is 13.8.